The van der Waals surface area contributed by atoms with Crippen molar-refractivity contribution >= 4 is 38.8 Å². The van der Waals surface area contributed by atoms with Gasteiger partial charge in [0, 0.05) is 0 Å². The van der Waals surface area contributed by atoms with Gasteiger partial charge in [-0.15, -0.1) is 0 Å². The van der Waals surface area contributed by atoms with Crippen LogP contribution in [0.1, 0.15) is 13.8 Å². The maximum atomic E-state index is 2.40. The molecule has 1 aromatic rings. The zero-order valence-electron chi connectivity index (χ0n) is 7.54. The number of hydrogen-bond acceptors (Lipinski definition) is 0. The third kappa shape index (κ3) is 3.33. The molecular formula is C10H14Se2. The Hall–Kier alpha value is 0.259. The Morgan fingerprint density at radius 2 is 1.50 bits per heavy atom. The van der Waals surface area contributed by atoms with Crippen LogP contribution in [0.4, 0.5) is 0 Å². The second kappa shape index (κ2) is 5.83. The molecule has 0 nitrogen and oxygen atoms in total. The molecule has 0 aliphatic rings. The summed E-state index contributed by atoms with van der Waals surface area (Å²) in [6, 6.07) is 9.13. The average Bonchev–Trinajstić information content (AvgIpc) is 2.06. The minimum atomic E-state index is 0.708. The van der Waals surface area contributed by atoms with Gasteiger partial charge in [0.2, 0.25) is 0 Å². The van der Waals surface area contributed by atoms with Crippen LogP contribution in [0.5, 0.6) is 0 Å². The molecule has 0 aliphatic heterocycles. The van der Waals surface area contributed by atoms with Crippen molar-refractivity contribution in [2.75, 3.05) is 0 Å². The van der Waals surface area contributed by atoms with E-state index < -0.39 is 0 Å². The number of benzene rings is 1. The fourth-order valence-corrected chi connectivity index (χ4v) is 4.38. The summed E-state index contributed by atoms with van der Waals surface area (Å²) in [5.74, 6) is 0. The zero-order chi connectivity index (χ0) is 8.81. The summed E-state index contributed by atoms with van der Waals surface area (Å²) in [6.07, 6.45) is 0. The van der Waals surface area contributed by atoms with Crippen molar-refractivity contribution in [3.8, 4) is 0 Å². The Morgan fingerprint density at radius 1 is 1.00 bits per heavy atom. The third-order valence-corrected chi connectivity index (χ3v) is 5.10. The van der Waals surface area contributed by atoms with Gasteiger partial charge in [0.1, 0.15) is 0 Å². The van der Waals surface area contributed by atoms with E-state index in [4.69, 9.17) is 0 Å². The van der Waals surface area contributed by atoms with Crippen molar-refractivity contribution in [1.82, 2.24) is 0 Å². The van der Waals surface area contributed by atoms with Gasteiger partial charge >= 0.3 is 87.6 Å². The molecule has 0 heterocycles. The molecule has 0 spiro atoms. The van der Waals surface area contributed by atoms with Crippen LogP contribution in [-0.2, 0) is 0 Å². The second-order valence-electron chi connectivity index (χ2n) is 2.34. The Bertz CT molecular complexity index is 212. The van der Waals surface area contributed by atoms with Crippen LogP contribution >= 0.6 is 0 Å². The second-order valence-corrected chi connectivity index (χ2v) is 7.95. The molecule has 0 atom stereocenters. The molecule has 12 heavy (non-hydrogen) atoms. The molecule has 0 aromatic heterocycles. The van der Waals surface area contributed by atoms with Crippen molar-refractivity contribution in [3.63, 3.8) is 0 Å². The molecule has 0 fully saturated rings. The SMILES string of the molecule is CC[Se]c1cccc([Se]CC)c1. The molecule has 0 saturated carbocycles. The van der Waals surface area contributed by atoms with Crippen molar-refractivity contribution in [1.29, 1.82) is 0 Å². The van der Waals surface area contributed by atoms with Gasteiger partial charge in [-0.1, -0.05) is 0 Å². The molecule has 1 rings (SSSR count). The van der Waals surface area contributed by atoms with E-state index in [1.807, 2.05) is 0 Å². The first-order valence-electron chi connectivity index (χ1n) is 4.22. The van der Waals surface area contributed by atoms with Gasteiger partial charge in [-0.3, -0.25) is 0 Å². The Kier molecular flexibility index (Phi) is 5.02. The normalized spacial score (nSPS) is 10.2. The zero-order valence-corrected chi connectivity index (χ0v) is 11.0. The van der Waals surface area contributed by atoms with Gasteiger partial charge < -0.3 is 0 Å². The molecule has 0 aliphatic carbocycles. The quantitative estimate of drug-likeness (QED) is 0.732. The van der Waals surface area contributed by atoms with Crippen molar-refractivity contribution in [2.45, 2.75) is 24.5 Å². The summed E-state index contributed by atoms with van der Waals surface area (Å²) in [6.45, 7) is 4.52. The van der Waals surface area contributed by atoms with Crippen LogP contribution in [0.2, 0.25) is 10.6 Å². The molecule has 0 unspecified atom stereocenters. The summed E-state index contributed by atoms with van der Waals surface area (Å²) < 4.78 is 3.13. The summed E-state index contributed by atoms with van der Waals surface area (Å²) in [5, 5.41) is 2.63. The Morgan fingerprint density at radius 3 is 1.92 bits per heavy atom. The van der Waals surface area contributed by atoms with Crippen molar-refractivity contribution < 1.29 is 0 Å². The molecule has 2 heteroatoms. The van der Waals surface area contributed by atoms with Crippen LogP contribution in [0, 0.1) is 0 Å². The van der Waals surface area contributed by atoms with Gasteiger partial charge in [0.25, 0.3) is 0 Å². The molecular weight excluding hydrogens is 278 g/mol. The van der Waals surface area contributed by atoms with Crippen LogP contribution < -0.4 is 8.92 Å². The molecule has 0 amide bonds. The predicted octanol–water partition coefficient (Wildman–Crippen LogP) is 1.22. The standard InChI is InChI=1S/C10H14Se2/c1-3-11-9-6-5-7-10(8-9)12-4-2/h5-8H,3-4H2,1-2H3. The van der Waals surface area contributed by atoms with E-state index in [1.165, 1.54) is 10.6 Å². The average molecular weight is 292 g/mol. The summed E-state index contributed by atoms with van der Waals surface area (Å²) in [4.78, 5) is 0. The van der Waals surface area contributed by atoms with E-state index >= 15 is 0 Å². The first-order valence-corrected chi connectivity index (χ1v) is 8.36. The third-order valence-electron chi connectivity index (χ3n) is 1.43. The topological polar surface area (TPSA) is 0 Å². The van der Waals surface area contributed by atoms with Gasteiger partial charge in [-0.25, -0.2) is 0 Å². The molecule has 0 radical (unpaired) electrons. The van der Waals surface area contributed by atoms with E-state index in [0.29, 0.717) is 29.9 Å². The fraction of sp³-hybridized carbons (Fsp3) is 0.400. The molecule has 0 N–H and O–H groups in total. The number of rotatable bonds is 4. The fourth-order valence-electron chi connectivity index (χ4n) is 0.987. The van der Waals surface area contributed by atoms with E-state index in [0.717, 1.165) is 0 Å². The Balaban J connectivity index is 2.67. The minimum absolute atomic E-state index is 0.708. The summed E-state index contributed by atoms with van der Waals surface area (Å²) >= 11 is 1.42. The van der Waals surface area contributed by atoms with E-state index in [2.05, 4.69) is 38.1 Å². The van der Waals surface area contributed by atoms with Crippen LogP contribution in [0.15, 0.2) is 24.3 Å². The maximum absolute atomic E-state index is 2.40. The van der Waals surface area contributed by atoms with Crippen LogP contribution in [-0.4, -0.2) is 29.9 Å². The summed E-state index contributed by atoms with van der Waals surface area (Å²) in [5.41, 5.74) is 0. The van der Waals surface area contributed by atoms with Gasteiger partial charge in [-0.2, -0.15) is 0 Å². The predicted molar refractivity (Wildman–Crippen MR) is 58.2 cm³/mol. The van der Waals surface area contributed by atoms with Crippen LogP contribution in [0.3, 0.4) is 0 Å². The molecule has 0 saturated heterocycles. The van der Waals surface area contributed by atoms with Crippen molar-refractivity contribution in [3.05, 3.63) is 24.3 Å². The van der Waals surface area contributed by atoms with E-state index in [-0.39, 0.29) is 0 Å². The molecule has 1 aromatic carbocycles. The molecule has 66 valence electrons. The van der Waals surface area contributed by atoms with Crippen molar-refractivity contribution in [2.24, 2.45) is 0 Å². The van der Waals surface area contributed by atoms with Gasteiger partial charge in [0.05, 0.1) is 0 Å². The monoisotopic (exact) mass is 294 g/mol. The first-order chi connectivity index (χ1) is 5.86. The van der Waals surface area contributed by atoms with E-state index in [1.54, 1.807) is 8.92 Å². The first kappa shape index (κ1) is 10.3. The Labute approximate surface area is 87.5 Å². The van der Waals surface area contributed by atoms with Gasteiger partial charge in [0.15, 0.2) is 0 Å². The van der Waals surface area contributed by atoms with Crippen LogP contribution in [0.25, 0.3) is 0 Å². The number of hydrogen-bond donors (Lipinski definition) is 0. The summed E-state index contributed by atoms with van der Waals surface area (Å²) in [7, 11) is 0. The molecule has 0 bridgehead atoms. The van der Waals surface area contributed by atoms with E-state index in [9.17, 15) is 0 Å². The van der Waals surface area contributed by atoms with Gasteiger partial charge in [-0.05, 0) is 0 Å².